The number of nitrogens with one attached hydrogen (secondary N) is 2. The largest absolute Gasteiger partial charge is 0.489 e. The lowest BCUT2D eigenvalue weighted by Gasteiger charge is -2.12. The van der Waals surface area contributed by atoms with Crippen molar-refractivity contribution in [1.29, 1.82) is 0 Å². The van der Waals surface area contributed by atoms with Gasteiger partial charge in [0.2, 0.25) is 16.0 Å². The zero-order valence-electron chi connectivity index (χ0n) is 18.7. The molecule has 9 nitrogen and oxygen atoms in total. The molecule has 10 heteroatoms. The maximum absolute atomic E-state index is 11.8. The fourth-order valence-electron chi connectivity index (χ4n) is 3.23. The summed E-state index contributed by atoms with van der Waals surface area (Å²) in [5.74, 6) is 1.64. The van der Waals surface area contributed by atoms with Gasteiger partial charge in [-0.2, -0.15) is 4.98 Å². The molecule has 4 aromatic rings. The van der Waals surface area contributed by atoms with Crippen LogP contribution in [0.5, 0.6) is 5.75 Å². The van der Waals surface area contributed by atoms with E-state index in [-0.39, 0.29) is 4.90 Å². The van der Waals surface area contributed by atoms with Crippen LogP contribution in [0.4, 0.5) is 23.1 Å². The summed E-state index contributed by atoms with van der Waals surface area (Å²) in [6.07, 6.45) is 3.49. The highest BCUT2D eigenvalue weighted by atomic mass is 32.2. The summed E-state index contributed by atoms with van der Waals surface area (Å²) in [5.41, 5.74) is 3.63. The SMILES string of the molecule is Cc1cc(Nc2ccc(OCc3cccnc3)cc2)nc(Nc2ccc(C)c(S(N)(=O)=O)c2)n1. The number of primary sulfonamides is 1. The first kappa shape index (κ1) is 23.1. The Morgan fingerprint density at radius 2 is 1.71 bits per heavy atom. The van der Waals surface area contributed by atoms with Gasteiger partial charge < -0.3 is 15.4 Å². The van der Waals surface area contributed by atoms with Crippen molar-refractivity contribution in [3.8, 4) is 5.75 Å². The second-order valence-electron chi connectivity index (χ2n) is 7.67. The van der Waals surface area contributed by atoms with Crippen LogP contribution in [0.15, 0.2) is 78.0 Å². The summed E-state index contributed by atoms with van der Waals surface area (Å²) < 4.78 is 29.4. The van der Waals surface area contributed by atoms with Crippen LogP contribution in [0.25, 0.3) is 0 Å². The van der Waals surface area contributed by atoms with Gasteiger partial charge in [-0.25, -0.2) is 18.5 Å². The molecule has 0 spiro atoms. The highest BCUT2D eigenvalue weighted by molar-refractivity contribution is 7.89. The predicted molar refractivity (Wildman–Crippen MR) is 131 cm³/mol. The Balaban J connectivity index is 1.45. The lowest BCUT2D eigenvalue weighted by Crippen LogP contribution is -2.14. The molecule has 2 aromatic heterocycles. The smallest absolute Gasteiger partial charge is 0.238 e. The molecule has 0 amide bonds. The van der Waals surface area contributed by atoms with Gasteiger partial charge in [0.25, 0.3) is 0 Å². The Bertz CT molecular complexity index is 1390. The molecule has 0 bridgehead atoms. The number of aromatic nitrogens is 3. The number of anilines is 4. The summed E-state index contributed by atoms with van der Waals surface area (Å²) in [4.78, 5) is 13.0. The highest BCUT2D eigenvalue weighted by Gasteiger charge is 2.13. The molecule has 2 aromatic carbocycles. The van der Waals surface area contributed by atoms with Gasteiger partial charge in [-0.1, -0.05) is 12.1 Å². The van der Waals surface area contributed by atoms with Crippen LogP contribution in [-0.2, 0) is 16.6 Å². The fraction of sp³-hybridized carbons (Fsp3) is 0.125. The van der Waals surface area contributed by atoms with Crippen molar-refractivity contribution < 1.29 is 13.2 Å². The molecular formula is C24H24N6O3S. The molecule has 34 heavy (non-hydrogen) atoms. The van der Waals surface area contributed by atoms with Crippen LogP contribution in [-0.4, -0.2) is 23.4 Å². The first-order chi connectivity index (χ1) is 16.3. The Morgan fingerprint density at radius 3 is 2.41 bits per heavy atom. The van der Waals surface area contributed by atoms with Gasteiger partial charge in [0, 0.05) is 41.1 Å². The molecule has 0 unspecified atom stereocenters. The van der Waals surface area contributed by atoms with Crippen molar-refractivity contribution in [1.82, 2.24) is 15.0 Å². The number of sulfonamides is 1. The fourth-order valence-corrected chi connectivity index (χ4v) is 4.04. The normalized spacial score (nSPS) is 11.1. The molecule has 0 atom stereocenters. The van der Waals surface area contributed by atoms with Gasteiger partial charge in [-0.15, -0.1) is 0 Å². The third-order valence-corrected chi connectivity index (χ3v) is 5.91. The predicted octanol–water partition coefficient (Wildman–Crippen LogP) is 4.20. The molecule has 2 heterocycles. The topological polar surface area (TPSA) is 132 Å². The van der Waals surface area contributed by atoms with Crippen molar-refractivity contribution in [3.05, 3.63) is 89.9 Å². The molecule has 4 rings (SSSR count). The number of nitrogens with two attached hydrogens (primary N) is 1. The maximum atomic E-state index is 11.8. The first-order valence-electron chi connectivity index (χ1n) is 10.4. The second-order valence-corrected chi connectivity index (χ2v) is 9.20. The number of benzene rings is 2. The zero-order chi connectivity index (χ0) is 24.1. The van der Waals surface area contributed by atoms with E-state index >= 15 is 0 Å². The Labute approximate surface area is 198 Å². The van der Waals surface area contributed by atoms with Crippen LogP contribution >= 0.6 is 0 Å². The number of hydrogen-bond donors (Lipinski definition) is 3. The molecular weight excluding hydrogens is 452 g/mol. The van der Waals surface area contributed by atoms with Crippen LogP contribution in [0.2, 0.25) is 0 Å². The number of ether oxygens (including phenoxy) is 1. The number of hydrogen-bond acceptors (Lipinski definition) is 8. The Kier molecular flexibility index (Phi) is 6.71. The van der Waals surface area contributed by atoms with E-state index in [0.717, 1.165) is 22.7 Å². The maximum Gasteiger partial charge on any atom is 0.238 e. The molecule has 0 aliphatic rings. The minimum absolute atomic E-state index is 0.0503. The Hall–Kier alpha value is -4.02. The Morgan fingerprint density at radius 1 is 0.941 bits per heavy atom. The number of rotatable bonds is 8. The minimum Gasteiger partial charge on any atom is -0.489 e. The van der Waals surface area contributed by atoms with E-state index in [9.17, 15) is 8.42 Å². The van der Waals surface area contributed by atoms with Crippen LogP contribution in [0, 0.1) is 13.8 Å². The van der Waals surface area contributed by atoms with Gasteiger partial charge in [-0.05, 0) is 61.9 Å². The summed E-state index contributed by atoms with van der Waals surface area (Å²) >= 11 is 0. The second kappa shape index (κ2) is 9.86. The van der Waals surface area contributed by atoms with Gasteiger partial charge in [0.1, 0.15) is 18.2 Å². The lowest BCUT2D eigenvalue weighted by atomic mass is 10.2. The monoisotopic (exact) mass is 476 g/mol. The van der Waals surface area contributed by atoms with E-state index in [1.54, 1.807) is 31.5 Å². The van der Waals surface area contributed by atoms with Gasteiger partial charge in [-0.3, -0.25) is 4.98 Å². The highest BCUT2D eigenvalue weighted by Crippen LogP contribution is 2.24. The van der Waals surface area contributed by atoms with E-state index < -0.39 is 10.0 Å². The number of nitrogens with zero attached hydrogens (tertiary/aromatic N) is 3. The van der Waals surface area contributed by atoms with Crippen molar-refractivity contribution >= 4 is 33.2 Å². The van der Waals surface area contributed by atoms with Gasteiger partial charge >= 0.3 is 0 Å². The van der Waals surface area contributed by atoms with Crippen LogP contribution in [0.1, 0.15) is 16.8 Å². The van der Waals surface area contributed by atoms with E-state index in [1.165, 1.54) is 6.07 Å². The van der Waals surface area contributed by atoms with Crippen molar-refractivity contribution in [2.24, 2.45) is 5.14 Å². The quantitative estimate of drug-likeness (QED) is 0.345. The van der Waals surface area contributed by atoms with Crippen LogP contribution in [0.3, 0.4) is 0 Å². The average Bonchev–Trinajstić information content (AvgIpc) is 2.79. The third-order valence-electron chi connectivity index (χ3n) is 4.86. The molecule has 0 aliphatic heterocycles. The van der Waals surface area contributed by atoms with Crippen molar-refractivity contribution in [2.45, 2.75) is 25.3 Å². The zero-order valence-corrected chi connectivity index (χ0v) is 19.5. The van der Waals surface area contributed by atoms with Crippen molar-refractivity contribution in [2.75, 3.05) is 10.6 Å². The summed E-state index contributed by atoms with van der Waals surface area (Å²) in [6, 6.07) is 18.0. The minimum atomic E-state index is -3.84. The van der Waals surface area contributed by atoms with E-state index in [2.05, 4.69) is 25.6 Å². The third kappa shape index (κ3) is 6.06. The van der Waals surface area contributed by atoms with E-state index in [4.69, 9.17) is 9.88 Å². The molecule has 0 radical (unpaired) electrons. The molecule has 0 saturated carbocycles. The van der Waals surface area contributed by atoms with E-state index in [0.29, 0.717) is 29.6 Å². The number of aryl methyl sites for hydroxylation is 2. The lowest BCUT2D eigenvalue weighted by molar-refractivity contribution is 0.306. The summed E-state index contributed by atoms with van der Waals surface area (Å²) in [7, 11) is -3.84. The first-order valence-corrected chi connectivity index (χ1v) is 12.0. The van der Waals surface area contributed by atoms with E-state index in [1.807, 2.05) is 49.4 Å². The van der Waals surface area contributed by atoms with Gasteiger partial charge in [0.15, 0.2) is 0 Å². The molecule has 174 valence electrons. The standard InChI is InChI=1S/C24H24N6O3S/c1-16-5-6-20(13-22(16)34(25,31)32)29-24-27-17(2)12-23(30-24)28-19-7-9-21(10-8-19)33-15-18-4-3-11-26-14-18/h3-14H,15H2,1-2H3,(H2,25,31,32)(H2,27,28,29,30). The molecule has 0 aliphatic carbocycles. The summed E-state index contributed by atoms with van der Waals surface area (Å²) in [6.45, 7) is 3.97. The molecule has 4 N–H and O–H groups in total. The molecule has 0 fully saturated rings. The molecule has 0 saturated heterocycles. The van der Waals surface area contributed by atoms with Gasteiger partial charge in [0.05, 0.1) is 4.90 Å². The summed E-state index contributed by atoms with van der Waals surface area (Å²) in [5, 5.41) is 11.6. The van der Waals surface area contributed by atoms with Crippen molar-refractivity contribution in [3.63, 3.8) is 0 Å². The van der Waals surface area contributed by atoms with Crippen LogP contribution < -0.4 is 20.5 Å². The average molecular weight is 477 g/mol. The number of pyridine rings is 1.